The molecule has 0 spiro atoms. The SMILES string of the molecule is Cc1ccc(N=Cc2c(O)n(C3CCCCC3)c(=O)[nH]c2=O)cc1Cl. The molecule has 6 nitrogen and oxygen atoms in total. The van der Waals surface area contributed by atoms with Gasteiger partial charge < -0.3 is 5.11 Å². The van der Waals surface area contributed by atoms with E-state index in [4.69, 9.17) is 11.6 Å². The van der Waals surface area contributed by atoms with E-state index in [2.05, 4.69) is 9.98 Å². The summed E-state index contributed by atoms with van der Waals surface area (Å²) in [5.41, 5.74) is 0.222. The van der Waals surface area contributed by atoms with Gasteiger partial charge in [-0.15, -0.1) is 0 Å². The van der Waals surface area contributed by atoms with Crippen LogP contribution in [0.2, 0.25) is 5.02 Å². The van der Waals surface area contributed by atoms with Crippen molar-refractivity contribution in [3.05, 3.63) is 55.2 Å². The third-order valence-electron chi connectivity index (χ3n) is 4.59. The number of benzene rings is 1. The molecule has 2 aromatic rings. The molecule has 0 aliphatic heterocycles. The molecule has 1 aromatic carbocycles. The number of aryl methyl sites for hydroxylation is 1. The standard InChI is InChI=1S/C18H20ClN3O3/c1-11-7-8-12(9-15(11)19)20-10-14-16(23)21-18(25)22(17(14)24)13-5-3-2-4-6-13/h7-10,13,24H,2-6H2,1H3,(H,21,23,25). The monoisotopic (exact) mass is 361 g/mol. The van der Waals surface area contributed by atoms with E-state index in [1.165, 1.54) is 10.8 Å². The van der Waals surface area contributed by atoms with Gasteiger partial charge in [-0.25, -0.2) is 4.79 Å². The molecule has 0 bridgehead atoms. The van der Waals surface area contributed by atoms with E-state index in [1.54, 1.807) is 12.1 Å². The fourth-order valence-corrected chi connectivity index (χ4v) is 3.32. The highest BCUT2D eigenvalue weighted by atomic mass is 35.5. The lowest BCUT2D eigenvalue weighted by Crippen LogP contribution is -2.35. The Kier molecular flexibility index (Phi) is 5.08. The van der Waals surface area contributed by atoms with Crippen LogP contribution in [0.3, 0.4) is 0 Å². The number of nitrogens with zero attached hydrogens (tertiary/aromatic N) is 2. The first-order chi connectivity index (χ1) is 12.0. The van der Waals surface area contributed by atoms with Gasteiger partial charge in [0.15, 0.2) is 0 Å². The number of aliphatic imine (C=N–C) groups is 1. The van der Waals surface area contributed by atoms with Gasteiger partial charge in [0.25, 0.3) is 5.56 Å². The zero-order valence-electron chi connectivity index (χ0n) is 14.0. The van der Waals surface area contributed by atoms with Crippen LogP contribution in [-0.2, 0) is 0 Å². The molecule has 3 rings (SSSR count). The largest absolute Gasteiger partial charge is 0.494 e. The normalized spacial score (nSPS) is 15.8. The fraction of sp³-hybridized carbons (Fsp3) is 0.389. The highest BCUT2D eigenvalue weighted by molar-refractivity contribution is 6.31. The van der Waals surface area contributed by atoms with Crippen LogP contribution in [0.25, 0.3) is 0 Å². The number of rotatable bonds is 3. The lowest BCUT2D eigenvalue weighted by molar-refractivity contribution is 0.298. The fourth-order valence-electron chi connectivity index (χ4n) is 3.15. The third-order valence-corrected chi connectivity index (χ3v) is 5.00. The summed E-state index contributed by atoms with van der Waals surface area (Å²) < 4.78 is 1.28. The van der Waals surface area contributed by atoms with Gasteiger partial charge in [-0.1, -0.05) is 36.9 Å². The average Bonchev–Trinajstić information content (AvgIpc) is 2.58. The Morgan fingerprint density at radius 3 is 2.68 bits per heavy atom. The van der Waals surface area contributed by atoms with Gasteiger partial charge in [0.1, 0.15) is 5.56 Å². The number of halogens is 1. The average molecular weight is 362 g/mol. The molecule has 25 heavy (non-hydrogen) atoms. The molecular weight excluding hydrogens is 342 g/mol. The Balaban J connectivity index is 2.00. The minimum Gasteiger partial charge on any atom is -0.494 e. The zero-order chi connectivity index (χ0) is 18.0. The smallest absolute Gasteiger partial charge is 0.331 e. The second-order valence-corrected chi connectivity index (χ2v) is 6.76. The molecule has 1 saturated carbocycles. The van der Waals surface area contributed by atoms with Crippen molar-refractivity contribution in [2.45, 2.75) is 45.1 Å². The van der Waals surface area contributed by atoms with Crippen molar-refractivity contribution < 1.29 is 5.11 Å². The summed E-state index contributed by atoms with van der Waals surface area (Å²) in [4.78, 5) is 30.7. The molecule has 0 saturated heterocycles. The molecule has 1 heterocycles. The maximum atomic E-state index is 12.2. The van der Waals surface area contributed by atoms with E-state index >= 15 is 0 Å². The predicted molar refractivity (Wildman–Crippen MR) is 98.6 cm³/mol. The van der Waals surface area contributed by atoms with Crippen molar-refractivity contribution in [2.24, 2.45) is 4.99 Å². The van der Waals surface area contributed by atoms with Crippen LogP contribution in [0.15, 0.2) is 32.8 Å². The summed E-state index contributed by atoms with van der Waals surface area (Å²) in [7, 11) is 0. The number of aromatic nitrogens is 2. The van der Waals surface area contributed by atoms with Crippen molar-refractivity contribution in [1.29, 1.82) is 0 Å². The second kappa shape index (κ2) is 7.27. The van der Waals surface area contributed by atoms with Gasteiger partial charge in [0.05, 0.1) is 5.69 Å². The highest BCUT2D eigenvalue weighted by Gasteiger charge is 2.22. The maximum Gasteiger partial charge on any atom is 0.331 e. The van der Waals surface area contributed by atoms with Crippen LogP contribution < -0.4 is 11.2 Å². The van der Waals surface area contributed by atoms with E-state index in [1.807, 2.05) is 13.0 Å². The summed E-state index contributed by atoms with van der Waals surface area (Å²) in [6.45, 7) is 1.88. The van der Waals surface area contributed by atoms with E-state index in [-0.39, 0.29) is 17.5 Å². The molecule has 1 aliphatic rings. The Hall–Kier alpha value is -2.34. The molecule has 0 unspecified atom stereocenters. The van der Waals surface area contributed by atoms with E-state index in [9.17, 15) is 14.7 Å². The summed E-state index contributed by atoms with van der Waals surface area (Å²) in [5, 5.41) is 11.1. The van der Waals surface area contributed by atoms with Crippen LogP contribution in [0.5, 0.6) is 5.88 Å². The minimum absolute atomic E-state index is 0.0260. The summed E-state index contributed by atoms with van der Waals surface area (Å²) >= 11 is 6.07. The first-order valence-electron chi connectivity index (χ1n) is 8.35. The van der Waals surface area contributed by atoms with Crippen LogP contribution in [0, 0.1) is 6.92 Å². The molecule has 0 radical (unpaired) electrons. The maximum absolute atomic E-state index is 12.2. The van der Waals surface area contributed by atoms with Gasteiger partial charge in [-0.05, 0) is 37.5 Å². The van der Waals surface area contributed by atoms with Gasteiger partial charge in [0, 0.05) is 17.3 Å². The van der Waals surface area contributed by atoms with Crippen molar-refractivity contribution in [3.63, 3.8) is 0 Å². The van der Waals surface area contributed by atoms with Crippen LogP contribution in [0.1, 0.15) is 49.3 Å². The molecule has 2 N–H and O–H groups in total. The van der Waals surface area contributed by atoms with Gasteiger partial charge in [0.2, 0.25) is 5.88 Å². The summed E-state index contributed by atoms with van der Waals surface area (Å²) in [5.74, 6) is -0.331. The first-order valence-corrected chi connectivity index (χ1v) is 8.73. The van der Waals surface area contributed by atoms with Crippen molar-refractivity contribution in [1.82, 2.24) is 9.55 Å². The zero-order valence-corrected chi connectivity index (χ0v) is 14.7. The van der Waals surface area contributed by atoms with Gasteiger partial charge >= 0.3 is 5.69 Å². The van der Waals surface area contributed by atoms with E-state index in [0.717, 1.165) is 37.7 Å². The Bertz CT molecular complexity index is 924. The molecule has 1 aliphatic carbocycles. The minimum atomic E-state index is -0.656. The second-order valence-electron chi connectivity index (χ2n) is 6.35. The number of aromatic amines is 1. The van der Waals surface area contributed by atoms with Crippen LogP contribution in [-0.4, -0.2) is 20.9 Å². The quantitative estimate of drug-likeness (QED) is 0.820. The number of nitrogens with one attached hydrogen (secondary N) is 1. The summed E-state index contributed by atoms with van der Waals surface area (Å²) in [6, 6.07) is 5.16. The lowest BCUT2D eigenvalue weighted by atomic mass is 9.95. The molecule has 1 fully saturated rings. The van der Waals surface area contributed by atoms with Gasteiger partial charge in [-0.3, -0.25) is 19.3 Å². The number of aromatic hydroxyl groups is 1. The van der Waals surface area contributed by atoms with Gasteiger partial charge in [-0.2, -0.15) is 0 Å². The third kappa shape index (κ3) is 3.69. The molecule has 132 valence electrons. The molecule has 7 heteroatoms. The van der Waals surface area contributed by atoms with E-state index in [0.29, 0.717) is 10.7 Å². The Morgan fingerprint density at radius 1 is 1.28 bits per heavy atom. The Labute approximate surface area is 149 Å². The van der Waals surface area contributed by atoms with E-state index < -0.39 is 11.2 Å². The number of hydrogen-bond donors (Lipinski definition) is 2. The molecule has 1 aromatic heterocycles. The van der Waals surface area contributed by atoms with Crippen LogP contribution >= 0.6 is 11.6 Å². The number of H-pyrrole nitrogens is 1. The molecule has 0 amide bonds. The highest BCUT2D eigenvalue weighted by Crippen LogP contribution is 2.30. The Morgan fingerprint density at radius 2 is 2.00 bits per heavy atom. The van der Waals surface area contributed by atoms with Crippen molar-refractivity contribution in [2.75, 3.05) is 0 Å². The van der Waals surface area contributed by atoms with Crippen molar-refractivity contribution in [3.8, 4) is 5.88 Å². The van der Waals surface area contributed by atoms with Crippen LogP contribution in [0.4, 0.5) is 5.69 Å². The molecular formula is C18H20ClN3O3. The molecule has 0 atom stereocenters. The first kappa shape index (κ1) is 17.5. The summed E-state index contributed by atoms with van der Waals surface area (Å²) in [6.07, 6.45) is 6.01. The predicted octanol–water partition coefficient (Wildman–Crippen LogP) is 3.46. The number of hydrogen-bond acceptors (Lipinski definition) is 4. The lowest BCUT2D eigenvalue weighted by Gasteiger charge is -2.24. The van der Waals surface area contributed by atoms with Crippen molar-refractivity contribution >= 4 is 23.5 Å². The topological polar surface area (TPSA) is 87.4 Å².